The summed E-state index contributed by atoms with van der Waals surface area (Å²) in [6.07, 6.45) is 1.76. The number of thiazole rings is 1. The number of ether oxygens (including phenoxy) is 1. The first-order valence-electron chi connectivity index (χ1n) is 5.27. The third-order valence-corrected chi connectivity index (χ3v) is 3.80. The summed E-state index contributed by atoms with van der Waals surface area (Å²) >= 11 is 1.66. The minimum Gasteiger partial charge on any atom is -0.371 e. The molecule has 0 fully saturated rings. The van der Waals surface area contributed by atoms with Crippen LogP contribution in [0.25, 0.3) is 0 Å². The van der Waals surface area contributed by atoms with Crippen LogP contribution in [0, 0.1) is 0 Å². The minimum absolute atomic E-state index is 0.162. The van der Waals surface area contributed by atoms with Gasteiger partial charge in [0.25, 0.3) is 0 Å². The smallest absolute Gasteiger partial charge is 0.125 e. The van der Waals surface area contributed by atoms with Crippen LogP contribution >= 0.6 is 11.3 Å². The van der Waals surface area contributed by atoms with E-state index < -0.39 is 0 Å². The number of aromatic nitrogens is 1. The van der Waals surface area contributed by atoms with Gasteiger partial charge in [-0.05, 0) is 20.3 Å². The van der Waals surface area contributed by atoms with E-state index in [9.17, 15) is 0 Å². The van der Waals surface area contributed by atoms with Crippen molar-refractivity contribution >= 4 is 11.3 Å². The van der Waals surface area contributed by atoms with Gasteiger partial charge in [0.1, 0.15) is 10.6 Å². The number of nitrogens with two attached hydrogens (primary N) is 1. The molecule has 2 unspecified atom stereocenters. The van der Waals surface area contributed by atoms with Gasteiger partial charge in [-0.25, -0.2) is 4.98 Å². The summed E-state index contributed by atoms with van der Waals surface area (Å²) in [4.78, 5) is 4.58. The van der Waals surface area contributed by atoms with Gasteiger partial charge in [0, 0.05) is 25.0 Å². The van der Waals surface area contributed by atoms with Gasteiger partial charge in [-0.15, -0.1) is 11.3 Å². The number of methoxy groups -OCH3 is 1. The van der Waals surface area contributed by atoms with Crippen molar-refractivity contribution in [3.05, 3.63) is 16.1 Å². The summed E-state index contributed by atoms with van der Waals surface area (Å²) in [6, 6.07) is 0.162. The monoisotopic (exact) mass is 228 g/mol. The normalized spacial score (nSPS) is 17.4. The van der Waals surface area contributed by atoms with Crippen LogP contribution in [0.5, 0.6) is 0 Å². The van der Waals surface area contributed by atoms with E-state index in [-0.39, 0.29) is 11.6 Å². The van der Waals surface area contributed by atoms with Crippen molar-refractivity contribution in [3.8, 4) is 0 Å². The van der Waals surface area contributed by atoms with Crippen LogP contribution < -0.4 is 5.73 Å². The van der Waals surface area contributed by atoms with Crippen molar-refractivity contribution in [1.29, 1.82) is 0 Å². The van der Waals surface area contributed by atoms with Gasteiger partial charge in [0.15, 0.2) is 0 Å². The van der Waals surface area contributed by atoms with E-state index >= 15 is 0 Å². The van der Waals surface area contributed by atoms with Gasteiger partial charge >= 0.3 is 0 Å². The summed E-state index contributed by atoms with van der Waals surface area (Å²) in [5, 5.41) is 3.12. The molecule has 2 atom stereocenters. The van der Waals surface area contributed by atoms with Crippen LogP contribution in [0.3, 0.4) is 0 Å². The molecule has 1 aromatic heterocycles. The molecule has 0 bridgehead atoms. The molecular weight excluding hydrogens is 208 g/mol. The fraction of sp³-hybridized carbons (Fsp3) is 0.727. The lowest BCUT2D eigenvalue weighted by Crippen LogP contribution is -2.23. The van der Waals surface area contributed by atoms with Crippen molar-refractivity contribution in [1.82, 2.24) is 4.98 Å². The number of hydrogen-bond donors (Lipinski definition) is 1. The van der Waals surface area contributed by atoms with Crippen molar-refractivity contribution in [2.75, 3.05) is 7.11 Å². The largest absolute Gasteiger partial charge is 0.371 e. The Labute approximate surface area is 95.7 Å². The van der Waals surface area contributed by atoms with Gasteiger partial charge in [-0.2, -0.15) is 0 Å². The average Bonchev–Trinajstić information content (AvgIpc) is 2.64. The Morgan fingerprint density at radius 1 is 1.67 bits per heavy atom. The topological polar surface area (TPSA) is 48.1 Å². The zero-order chi connectivity index (χ0) is 11.5. The Morgan fingerprint density at radius 3 is 2.80 bits per heavy atom. The second kappa shape index (κ2) is 5.05. The molecule has 0 spiro atoms. The lowest BCUT2D eigenvalue weighted by atomic mass is 10.0. The summed E-state index contributed by atoms with van der Waals surface area (Å²) in [7, 11) is 1.73. The van der Waals surface area contributed by atoms with E-state index in [1.807, 2.05) is 6.92 Å². The molecule has 3 nitrogen and oxygen atoms in total. The highest BCUT2D eigenvalue weighted by Gasteiger charge is 2.27. The zero-order valence-electron chi connectivity index (χ0n) is 9.91. The molecule has 1 aromatic rings. The molecule has 0 aromatic carbocycles. The van der Waals surface area contributed by atoms with Crippen LogP contribution in [0.4, 0.5) is 0 Å². The molecule has 1 rings (SSSR count). The Bertz CT molecular complexity index is 305. The van der Waals surface area contributed by atoms with Gasteiger partial charge in [-0.1, -0.05) is 6.92 Å². The predicted molar refractivity (Wildman–Crippen MR) is 64.1 cm³/mol. The van der Waals surface area contributed by atoms with Crippen LogP contribution in [-0.2, 0) is 16.8 Å². The second-order valence-corrected chi connectivity index (χ2v) is 4.97. The van der Waals surface area contributed by atoms with Crippen molar-refractivity contribution in [3.63, 3.8) is 0 Å². The molecular formula is C11H20N2OS. The molecule has 0 amide bonds. The highest BCUT2D eigenvalue weighted by molar-refractivity contribution is 7.09. The molecule has 0 aliphatic heterocycles. The van der Waals surface area contributed by atoms with E-state index in [0.29, 0.717) is 0 Å². The molecule has 1 heterocycles. The standard InChI is InChI=1S/C11H20N2OS/c1-5-11(3,14-4)10-13-9(7-15-10)6-8(2)12/h7-8H,5-6,12H2,1-4H3. The first-order chi connectivity index (χ1) is 7.01. The minimum atomic E-state index is -0.249. The summed E-state index contributed by atoms with van der Waals surface area (Å²) < 4.78 is 5.51. The van der Waals surface area contributed by atoms with Gasteiger partial charge in [-0.3, -0.25) is 0 Å². The Kier molecular flexibility index (Phi) is 4.25. The lowest BCUT2D eigenvalue weighted by Gasteiger charge is -2.23. The average molecular weight is 228 g/mol. The molecule has 0 aliphatic carbocycles. The molecule has 86 valence electrons. The van der Waals surface area contributed by atoms with Gasteiger partial charge < -0.3 is 10.5 Å². The van der Waals surface area contributed by atoms with Crippen LogP contribution in [0.1, 0.15) is 37.9 Å². The molecule has 0 radical (unpaired) electrons. The first-order valence-corrected chi connectivity index (χ1v) is 6.15. The maximum atomic E-state index is 5.74. The Morgan fingerprint density at radius 2 is 2.33 bits per heavy atom. The second-order valence-electron chi connectivity index (χ2n) is 4.11. The van der Waals surface area contributed by atoms with Crippen molar-refractivity contribution in [2.45, 2.75) is 45.3 Å². The van der Waals surface area contributed by atoms with E-state index in [2.05, 4.69) is 24.2 Å². The van der Waals surface area contributed by atoms with Crippen LogP contribution in [0.2, 0.25) is 0 Å². The van der Waals surface area contributed by atoms with E-state index in [4.69, 9.17) is 10.5 Å². The Balaban J connectivity index is 2.83. The molecule has 2 N–H and O–H groups in total. The Hall–Kier alpha value is -0.450. The maximum absolute atomic E-state index is 5.74. The summed E-state index contributed by atoms with van der Waals surface area (Å²) in [5.41, 5.74) is 6.56. The van der Waals surface area contributed by atoms with Crippen LogP contribution in [0.15, 0.2) is 5.38 Å². The van der Waals surface area contributed by atoms with Gasteiger partial charge in [0.05, 0.1) is 5.69 Å². The zero-order valence-corrected chi connectivity index (χ0v) is 10.7. The molecule has 0 saturated carbocycles. The van der Waals surface area contributed by atoms with E-state index in [1.165, 1.54) is 0 Å². The molecule has 0 aliphatic rings. The van der Waals surface area contributed by atoms with Crippen molar-refractivity contribution in [2.24, 2.45) is 5.73 Å². The van der Waals surface area contributed by atoms with E-state index in [1.54, 1.807) is 18.4 Å². The highest BCUT2D eigenvalue weighted by atomic mass is 32.1. The van der Waals surface area contributed by atoms with E-state index in [0.717, 1.165) is 23.5 Å². The number of rotatable bonds is 5. The maximum Gasteiger partial charge on any atom is 0.125 e. The van der Waals surface area contributed by atoms with Crippen LogP contribution in [-0.4, -0.2) is 18.1 Å². The molecule has 4 heteroatoms. The number of hydrogen-bond acceptors (Lipinski definition) is 4. The third-order valence-electron chi connectivity index (χ3n) is 2.66. The first kappa shape index (κ1) is 12.6. The van der Waals surface area contributed by atoms with Gasteiger partial charge in [0.2, 0.25) is 0 Å². The quantitative estimate of drug-likeness (QED) is 0.841. The summed E-state index contributed by atoms with van der Waals surface area (Å²) in [5.74, 6) is 0. The highest BCUT2D eigenvalue weighted by Crippen LogP contribution is 2.30. The fourth-order valence-corrected chi connectivity index (χ4v) is 2.40. The lowest BCUT2D eigenvalue weighted by molar-refractivity contribution is -0.00167. The molecule has 0 saturated heterocycles. The van der Waals surface area contributed by atoms with Crippen molar-refractivity contribution < 1.29 is 4.74 Å². The third kappa shape index (κ3) is 3.00. The molecule has 15 heavy (non-hydrogen) atoms. The predicted octanol–water partition coefficient (Wildman–Crippen LogP) is 2.30. The summed E-state index contributed by atoms with van der Waals surface area (Å²) in [6.45, 7) is 6.17. The fourth-order valence-electron chi connectivity index (χ4n) is 1.36. The SMILES string of the molecule is CCC(C)(OC)c1nc(CC(C)N)cs1. The number of nitrogens with zero attached hydrogens (tertiary/aromatic N) is 1.